The molecule has 3 rings (SSSR count). The SMILES string of the molecule is Cc1cc(=O)[nH]c2ccc(S(=O)(=O)Nc3ccc(S(=O)(=O)NC(N)=O)cc3)cc12. The molecule has 3 aromatic rings. The van der Waals surface area contributed by atoms with Gasteiger partial charge in [0.15, 0.2) is 0 Å². The number of anilines is 1. The van der Waals surface area contributed by atoms with Crippen LogP contribution >= 0.6 is 0 Å². The molecule has 2 aromatic carbocycles. The lowest BCUT2D eigenvalue weighted by atomic mass is 10.1. The maximum absolute atomic E-state index is 12.7. The van der Waals surface area contributed by atoms with Gasteiger partial charge in [0.1, 0.15) is 0 Å². The van der Waals surface area contributed by atoms with Crippen molar-refractivity contribution in [2.24, 2.45) is 5.73 Å². The summed E-state index contributed by atoms with van der Waals surface area (Å²) in [4.78, 5) is 24.6. The Balaban J connectivity index is 1.91. The van der Waals surface area contributed by atoms with Crippen molar-refractivity contribution in [3.63, 3.8) is 0 Å². The minimum absolute atomic E-state index is 0.0350. The Bertz CT molecular complexity index is 1380. The predicted octanol–water partition coefficient (Wildman–Crippen LogP) is 0.994. The number of nitrogens with two attached hydrogens (primary N) is 1. The van der Waals surface area contributed by atoms with Gasteiger partial charge in [-0.2, -0.15) is 0 Å². The Morgan fingerprint density at radius 2 is 1.55 bits per heavy atom. The molecule has 0 saturated carbocycles. The maximum atomic E-state index is 12.7. The molecule has 29 heavy (non-hydrogen) atoms. The number of amides is 2. The molecule has 2 amide bonds. The number of nitrogens with one attached hydrogen (secondary N) is 3. The summed E-state index contributed by atoms with van der Waals surface area (Å²) >= 11 is 0. The van der Waals surface area contributed by atoms with Crippen molar-refractivity contribution >= 4 is 42.7 Å². The van der Waals surface area contributed by atoms with Crippen LogP contribution in [-0.4, -0.2) is 27.9 Å². The van der Waals surface area contributed by atoms with Crippen LogP contribution in [0.3, 0.4) is 0 Å². The van der Waals surface area contributed by atoms with Crippen molar-refractivity contribution in [3.05, 3.63) is 64.4 Å². The van der Waals surface area contributed by atoms with Crippen LogP contribution in [0.1, 0.15) is 5.56 Å². The van der Waals surface area contributed by atoms with E-state index in [1.165, 1.54) is 36.4 Å². The van der Waals surface area contributed by atoms with Crippen molar-refractivity contribution in [1.82, 2.24) is 9.71 Å². The number of aromatic amines is 1. The van der Waals surface area contributed by atoms with Gasteiger partial charge in [0.05, 0.1) is 9.79 Å². The minimum Gasteiger partial charge on any atom is -0.351 e. The number of benzene rings is 2. The fourth-order valence-corrected chi connectivity index (χ4v) is 4.64. The van der Waals surface area contributed by atoms with Crippen molar-refractivity contribution in [2.75, 3.05) is 4.72 Å². The molecule has 0 aliphatic heterocycles. The van der Waals surface area contributed by atoms with Gasteiger partial charge in [-0.3, -0.25) is 9.52 Å². The number of pyridine rings is 1. The highest BCUT2D eigenvalue weighted by Crippen LogP contribution is 2.22. The van der Waals surface area contributed by atoms with E-state index in [0.29, 0.717) is 16.5 Å². The zero-order valence-corrected chi connectivity index (χ0v) is 16.6. The molecule has 0 spiro atoms. The first-order chi connectivity index (χ1) is 13.5. The summed E-state index contributed by atoms with van der Waals surface area (Å²) in [5.74, 6) is 0. The number of aryl methyl sites for hydroxylation is 1. The Kier molecular flexibility index (Phi) is 5.07. The Hall–Kier alpha value is -3.38. The molecule has 0 aliphatic rings. The number of fused-ring (bicyclic) bond motifs is 1. The summed E-state index contributed by atoms with van der Waals surface area (Å²) < 4.78 is 53.0. The summed E-state index contributed by atoms with van der Waals surface area (Å²) in [6.07, 6.45) is 0. The van der Waals surface area contributed by atoms with E-state index >= 15 is 0 Å². The monoisotopic (exact) mass is 436 g/mol. The zero-order chi connectivity index (χ0) is 21.4. The number of carbonyl (C=O) groups is 1. The van der Waals surface area contributed by atoms with E-state index in [2.05, 4.69) is 9.71 Å². The molecule has 1 heterocycles. The van der Waals surface area contributed by atoms with Crippen molar-refractivity contribution < 1.29 is 21.6 Å². The average Bonchev–Trinajstić information content (AvgIpc) is 2.60. The molecule has 0 radical (unpaired) electrons. The lowest BCUT2D eigenvalue weighted by Crippen LogP contribution is -2.34. The first-order valence-electron chi connectivity index (χ1n) is 8.07. The number of hydrogen-bond acceptors (Lipinski definition) is 6. The highest BCUT2D eigenvalue weighted by atomic mass is 32.2. The number of carbonyl (C=O) groups excluding carboxylic acids is 1. The van der Waals surface area contributed by atoms with Gasteiger partial charge >= 0.3 is 6.03 Å². The number of aromatic nitrogens is 1. The van der Waals surface area contributed by atoms with Gasteiger partial charge in [-0.15, -0.1) is 0 Å². The highest BCUT2D eigenvalue weighted by Gasteiger charge is 2.18. The van der Waals surface area contributed by atoms with Gasteiger partial charge in [0.2, 0.25) is 5.56 Å². The third kappa shape index (κ3) is 4.38. The summed E-state index contributed by atoms with van der Waals surface area (Å²) in [5.41, 5.74) is 5.76. The molecular formula is C17H16N4O6S2. The number of sulfonamides is 2. The maximum Gasteiger partial charge on any atom is 0.326 e. The molecule has 12 heteroatoms. The largest absolute Gasteiger partial charge is 0.351 e. The number of rotatable bonds is 5. The van der Waals surface area contributed by atoms with E-state index in [0.717, 1.165) is 12.1 Å². The van der Waals surface area contributed by atoms with Crippen LogP contribution in [0.5, 0.6) is 0 Å². The topological polar surface area (TPSA) is 168 Å². The molecule has 152 valence electrons. The second-order valence-corrected chi connectivity index (χ2v) is 9.49. The lowest BCUT2D eigenvalue weighted by Gasteiger charge is -2.10. The third-order valence-corrected chi connectivity index (χ3v) is 6.73. The van der Waals surface area contributed by atoms with Gasteiger partial charge in [0, 0.05) is 22.7 Å². The van der Waals surface area contributed by atoms with Crippen molar-refractivity contribution in [2.45, 2.75) is 16.7 Å². The Morgan fingerprint density at radius 1 is 0.931 bits per heavy atom. The first-order valence-corrected chi connectivity index (χ1v) is 11.0. The van der Waals surface area contributed by atoms with Gasteiger partial charge in [-0.1, -0.05) is 0 Å². The van der Waals surface area contributed by atoms with Crippen LogP contribution in [-0.2, 0) is 20.0 Å². The molecule has 0 saturated heterocycles. The number of urea groups is 1. The molecular weight excluding hydrogens is 420 g/mol. The molecule has 0 unspecified atom stereocenters. The second-order valence-electron chi connectivity index (χ2n) is 6.12. The predicted molar refractivity (Wildman–Crippen MR) is 106 cm³/mol. The van der Waals surface area contributed by atoms with Gasteiger partial charge in [0.25, 0.3) is 20.0 Å². The molecule has 10 nitrogen and oxygen atoms in total. The summed E-state index contributed by atoms with van der Waals surface area (Å²) in [5, 5.41) is 0.575. The minimum atomic E-state index is -4.14. The second kappa shape index (κ2) is 7.22. The lowest BCUT2D eigenvalue weighted by molar-refractivity contribution is 0.253. The van der Waals surface area contributed by atoms with E-state index < -0.39 is 26.1 Å². The quantitative estimate of drug-likeness (QED) is 0.465. The van der Waals surface area contributed by atoms with Crippen LogP contribution in [0.25, 0.3) is 10.9 Å². The van der Waals surface area contributed by atoms with Crippen LogP contribution in [0.4, 0.5) is 10.5 Å². The van der Waals surface area contributed by atoms with E-state index in [1.807, 2.05) is 0 Å². The molecule has 5 N–H and O–H groups in total. The van der Waals surface area contributed by atoms with Crippen LogP contribution in [0.2, 0.25) is 0 Å². The number of primary amides is 1. The summed E-state index contributed by atoms with van der Waals surface area (Å²) in [6, 6.07) is 9.11. The molecule has 1 aromatic heterocycles. The summed E-state index contributed by atoms with van der Waals surface area (Å²) in [6.45, 7) is 1.70. The van der Waals surface area contributed by atoms with E-state index in [4.69, 9.17) is 5.73 Å². The van der Waals surface area contributed by atoms with Crippen LogP contribution in [0, 0.1) is 6.92 Å². The van der Waals surface area contributed by atoms with E-state index in [9.17, 15) is 26.4 Å². The summed E-state index contributed by atoms with van der Waals surface area (Å²) in [7, 11) is -8.12. The fourth-order valence-electron chi connectivity index (χ4n) is 2.68. The molecule has 0 atom stereocenters. The van der Waals surface area contributed by atoms with Gasteiger partial charge in [-0.05, 0) is 55.0 Å². The number of H-pyrrole nitrogens is 1. The van der Waals surface area contributed by atoms with Crippen molar-refractivity contribution in [3.8, 4) is 0 Å². The average molecular weight is 436 g/mol. The third-order valence-electron chi connectivity index (χ3n) is 3.98. The fraction of sp³-hybridized carbons (Fsp3) is 0.0588. The Morgan fingerprint density at radius 3 is 2.17 bits per heavy atom. The van der Waals surface area contributed by atoms with Crippen LogP contribution in [0.15, 0.2) is 63.1 Å². The highest BCUT2D eigenvalue weighted by molar-refractivity contribution is 7.92. The molecule has 0 bridgehead atoms. The van der Waals surface area contributed by atoms with Crippen LogP contribution < -0.4 is 20.7 Å². The smallest absolute Gasteiger partial charge is 0.326 e. The number of hydrogen-bond donors (Lipinski definition) is 4. The van der Waals surface area contributed by atoms with E-state index in [1.54, 1.807) is 11.6 Å². The molecule has 0 fully saturated rings. The normalized spacial score (nSPS) is 11.9. The first kappa shape index (κ1) is 20.4. The van der Waals surface area contributed by atoms with Crippen molar-refractivity contribution in [1.29, 1.82) is 0 Å². The zero-order valence-electron chi connectivity index (χ0n) is 15.0. The van der Waals surface area contributed by atoms with Gasteiger partial charge < -0.3 is 10.7 Å². The Labute approximate surface area is 165 Å². The standard InChI is InChI=1S/C17H16N4O6S2/c1-10-8-16(22)19-15-7-6-13(9-14(10)15)29(26,27)20-11-2-4-12(5-3-11)28(24,25)21-17(18)23/h2-9,20H,1H3,(H,19,22)(H3,18,21,23). The molecule has 0 aliphatic carbocycles. The van der Waals surface area contributed by atoms with E-state index in [-0.39, 0.29) is 21.0 Å². The van der Waals surface area contributed by atoms with Gasteiger partial charge in [-0.25, -0.2) is 26.4 Å².